The van der Waals surface area contributed by atoms with Gasteiger partial charge in [0.1, 0.15) is 0 Å². The molecule has 2 atom stereocenters. The zero-order chi connectivity index (χ0) is 14.4. The number of aryl methyl sites for hydroxylation is 1. The highest BCUT2D eigenvalue weighted by Gasteiger charge is 2.19. The lowest BCUT2D eigenvalue weighted by Crippen LogP contribution is -2.40. The Morgan fingerprint density at radius 3 is 2.85 bits per heavy atom. The number of hydrogen-bond donors (Lipinski definition) is 1. The molecule has 20 heavy (non-hydrogen) atoms. The second-order valence-electron chi connectivity index (χ2n) is 5.15. The number of nitrogens with two attached hydrogens (primary N) is 1. The summed E-state index contributed by atoms with van der Waals surface area (Å²) in [6.45, 7) is 6.09. The van der Waals surface area contributed by atoms with Crippen molar-refractivity contribution in [3.8, 4) is 0 Å². The monoisotopic (exact) mass is 284 g/mol. The molecule has 1 aromatic rings. The first-order valence-electron chi connectivity index (χ1n) is 7.10. The molecule has 0 bridgehead atoms. The molecule has 0 amide bonds. The van der Waals surface area contributed by atoms with E-state index in [0.717, 1.165) is 39.3 Å². The highest BCUT2D eigenvalue weighted by molar-refractivity contribution is 4.94. The van der Waals surface area contributed by atoms with Gasteiger partial charge in [-0.1, -0.05) is 5.16 Å². The molecule has 0 aromatic carbocycles. The van der Waals surface area contributed by atoms with E-state index in [9.17, 15) is 0 Å². The van der Waals surface area contributed by atoms with Crippen molar-refractivity contribution in [1.29, 1.82) is 0 Å². The number of aromatic nitrogens is 2. The molecular formula is C13H24N4O3. The molecule has 7 heteroatoms. The van der Waals surface area contributed by atoms with Gasteiger partial charge in [0.25, 0.3) is 0 Å². The van der Waals surface area contributed by atoms with E-state index < -0.39 is 0 Å². The van der Waals surface area contributed by atoms with Gasteiger partial charge < -0.3 is 19.7 Å². The van der Waals surface area contributed by atoms with Crippen LogP contribution in [0.25, 0.3) is 0 Å². The minimum absolute atomic E-state index is 0.187. The summed E-state index contributed by atoms with van der Waals surface area (Å²) >= 11 is 0. The van der Waals surface area contributed by atoms with E-state index in [-0.39, 0.29) is 12.1 Å². The van der Waals surface area contributed by atoms with Gasteiger partial charge in [-0.2, -0.15) is 4.98 Å². The Morgan fingerprint density at radius 2 is 2.15 bits per heavy atom. The largest absolute Gasteiger partial charge is 0.382 e. The van der Waals surface area contributed by atoms with Gasteiger partial charge in [0.05, 0.1) is 25.4 Å². The van der Waals surface area contributed by atoms with Crippen LogP contribution in [0, 0.1) is 0 Å². The topological polar surface area (TPSA) is 86.6 Å². The smallest absolute Gasteiger partial charge is 0.226 e. The molecule has 1 saturated heterocycles. The Bertz CT molecular complexity index is 393. The molecule has 7 nitrogen and oxygen atoms in total. The van der Waals surface area contributed by atoms with E-state index in [0.29, 0.717) is 18.1 Å². The van der Waals surface area contributed by atoms with Gasteiger partial charge in [-0.3, -0.25) is 4.90 Å². The summed E-state index contributed by atoms with van der Waals surface area (Å²) in [5.41, 5.74) is 6.13. The van der Waals surface area contributed by atoms with E-state index in [1.807, 2.05) is 6.92 Å². The van der Waals surface area contributed by atoms with Crippen LogP contribution in [0.5, 0.6) is 0 Å². The summed E-state index contributed by atoms with van der Waals surface area (Å²) in [6, 6.07) is -0.217. The predicted molar refractivity (Wildman–Crippen MR) is 73.3 cm³/mol. The molecule has 114 valence electrons. The molecule has 0 radical (unpaired) electrons. The number of nitrogens with zero attached hydrogens (tertiary/aromatic N) is 3. The van der Waals surface area contributed by atoms with Crippen molar-refractivity contribution in [2.75, 3.05) is 40.0 Å². The van der Waals surface area contributed by atoms with E-state index in [2.05, 4.69) is 15.0 Å². The minimum Gasteiger partial charge on any atom is -0.382 e. The number of morpholine rings is 1. The minimum atomic E-state index is -0.217. The third-order valence-electron chi connectivity index (χ3n) is 3.54. The van der Waals surface area contributed by atoms with E-state index in [1.165, 1.54) is 0 Å². The highest BCUT2D eigenvalue weighted by atomic mass is 16.5. The molecule has 2 heterocycles. The average molecular weight is 284 g/mol. The molecule has 1 fully saturated rings. The van der Waals surface area contributed by atoms with Crippen LogP contribution in [0.15, 0.2) is 4.52 Å². The Hall–Kier alpha value is -1.02. The lowest BCUT2D eigenvalue weighted by molar-refractivity contribution is 0.0348. The summed E-state index contributed by atoms with van der Waals surface area (Å²) < 4.78 is 15.7. The second kappa shape index (κ2) is 7.68. The molecule has 1 aliphatic heterocycles. The molecule has 2 N–H and O–H groups in total. The molecule has 2 unspecified atom stereocenters. The Kier molecular flexibility index (Phi) is 5.90. The van der Waals surface area contributed by atoms with Crippen LogP contribution in [0.4, 0.5) is 0 Å². The standard InChI is InChI=1S/C13H24N4O3/c1-10(18-2)3-4-12-15-13(16-20-12)11(14)9-17-5-7-19-8-6-17/h10-11H,3-9,14H2,1-2H3. The first-order valence-corrected chi connectivity index (χ1v) is 7.10. The lowest BCUT2D eigenvalue weighted by atomic mass is 10.2. The molecule has 1 aliphatic rings. The molecule has 2 rings (SSSR count). The molecule has 0 aliphatic carbocycles. The van der Waals surface area contributed by atoms with Gasteiger partial charge in [-0.05, 0) is 13.3 Å². The van der Waals surface area contributed by atoms with E-state index in [1.54, 1.807) is 7.11 Å². The fraction of sp³-hybridized carbons (Fsp3) is 0.846. The predicted octanol–water partition coefficient (Wildman–Crippen LogP) is 0.369. The Balaban J connectivity index is 1.81. The van der Waals surface area contributed by atoms with Crippen molar-refractivity contribution in [2.24, 2.45) is 5.73 Å². The number of methoxy groups -OCH3 is 1. The SMILES string of the molecule is COC(C)CCc1nc(C(N)CN2CCOCC2)no1. The first-order chi connectivity index (χ1) is 9.69. The summed E-state index contributed by atoms with van der Waals surface area (Å²) in [6.07, 6.45) is 1.76. The van der Waals surface area contributed by atoms with Gasteiger partial charge in [0.15, 0.2) is 5.82 Å². The average Bonchev–Trinajstić information content (AvgIpc) is 2.95. The van der Waals surface area contributed by atoms with Gasteiger partial charge in [0.2, 0.25) is 5.89 Å². The quantitative estimate of drug-likeness (QED) is 0.774. The third-order valence-corrected chi connectivity index (χ3v) is 3.54. The highest BCUT2D eigenvalue weighted by Crippen LogP contribution is 2.11. The number of hydrogen-bond acceptors (Lipinski definition) is 7. The Labute approximate surface area is 119 Å². The number of ether oxygens (including phenoxy) is 2. The van der Waals surface area contributed by atoms with Crippen LogP contribution in [0.2, 0.25) is 0 Å². The van der Waals surface area contributed by atoms with Crippen LogP contribution in [-0.4, -0.2) is 61.1 Å². The van der Waals surface area contributed by atoms with Crippen molar-refractivity contribution in [3.63, 3.8) is 0 Å². The van der Waals surface area contributed by atoms with Crippen LogP contribution in [0.1, 0.15) is 31.1 Å². The molecule has 1 aromatic heterocycles. The van der Waals surface area contributed by atoms with Crippen LogP contribution >= 0.6 is 0 Å². The van der Waals surface area contributed by atoms with Crippen molar-refractivity contribution in [3.05, 3.63) is 11.7 Å². The summed E-state index contributed by atoms with van der Waals surface area (Å²) in [7, 11) is 1.70. The fourth-order valence-corrected chi connectivity index (χ4v) is 2.11. The van der Waals surface area contributed by atoms with Gasteiger partial charge in [-0.15, -0.1) is 0 Å². The second-order valence-corrected chi connectivity index (χ2v) is 5.15. The van der Waals surface area contributed by atoms with E-state index in [4.69, 9.17) is 19.7 Å². The normalized spacial score (nSPS) is 19.9. The van der Waals surface area contributed by atoms with Crippen molar-refractivity contribution in [2.45, 2.75) is 31.9 Å². The number of rotatable bonds is 7. The maximum absolute atomic E-state index is 6.13. The van der Waals surface area contributed by atoms with Gasteiger partial charge in [-0.25, -0.2) is 0 Å². The maximum Gasteiger partial charge on any atom is 0.226 e. The first kappa shape index (κ1) is 15.4. The van der Waals surface area contributed by atoms with Gasteiger partial charge >= 0.3 is 0 Å². The summed E-state index contributed by atoms with van der Waals surface area (Å²) in [4.78, 5) is 6.63. The molecular weight excluding hydrogens is 260 g/mol. The van der Waals surface area contributed by atoms with E-state index >= 15 is 0 Å². The van der Waals surface area contributed by atoms with Crippen LogP contribution in [0.3, 0.4) is 0 Å². The van der Waals surface area contributed by atoms with Crippen LogP contribution < -0.4 is 5.73 Å². The molecule has 0 spiro atoms. The third kappa shape index (κ3) is 4.52. The van der Waals surface area contributed by atoms with Crippen molar-refractivity contribution >= 4 is 0 Å². The fourth-order valence-electron chi connectivity index (χ4n) is 2.11. The summed E-state index contributed by atoms with van der Waals surface area (Å²) in [5.74, 6) is 1.21. The lowest BCUT2D eigenvalue weighted by Gasteiger charge is -2.27. The molecule has 0 saturated carbocycles. The zero-order valence-corrected chi connectivity index (χ0v) is 12.2. The van der Waals surface area contributed by atoms with Crippen LogP contribution in [-0.2, 0) is 15.9 Å². The Morgan fingerprint density at radius 1 is 1.40 bits per heavy atom. The van der Waals surface area contributed by atoms with Crippen molar-refractivity contribution < 1.29 is 14.0 Å². The summed E-state index contributed by atoms with van der Waals surface area (Å²) in [5, 5.41) is 3.98. The maximum atomic E-state index is 6.13. The zero-order valence-electron chi connectivity index (χ0n) is 12.2. The van der Waals surface area contributed by atoms with Crippen molar-refractivity contribution in [1.82, 2.24) is 15.0 Å². The van der Waals surface area contributed by atoms with Gasteiger partial charge in [0, 0.05) is 33.2 Å².